The van der Waals surface area contributed by atoms with Gasteiger partial charge in [-0.05, 0) is 55.5 Å². The van der Waals surface area contributed by atoms with Crippen LogP contribution in [-0.4, -0.2) is 35.7 Å². The van der Waals surface area contributed by atoms with Crippen molar-refractivity contribution in [1.29, 1.82) is 0 Å². The van der Waals surface area contributed by atoms with E-state index in [1.165, 1.54) is 48.5 Å². The largest absolute Gasteiger partial charge is 0.462 e. The summed E-state index contributed by atoms with van der Waals surface area (Å²) < 4.78 is 54.7. The number of sulfonamides is 1. The molecule has 134 valence electrons. The molecule has 1 N–H and O–H groups in total. The summed E-state index contributed by atoms with van der Waals surface area (Å²) in [5.74, 6) is -0.532. The molecule has 0 atom stereocenters. The van der Waals surface area contributed by atoms with E-state index >= 15 is 0 Å². The molecule has 2 aromatic rings. The SMILES string of the molecule is CCOC(=O)c1ccc(S(=O)(=O)Nc2ccc(S(C)(=O)=O)cc2)cc1. The van der Waals surface area contributed by atoms with Gasteiger partial charge in [0.05, 0.1) is 22.0 Å². The van der Waals surface area contributed by atoms with Crippen LogP contribution in [0.15, 0.2) is 58.3 Å². The number of benzene rings is 2. The van der Waals surface area contributed by atoms with Gasteiger partial charge in [0, 0.05) is 11.9 Å². The first-order chi connectivity index (χ1) is 11.6. The van der Waals surface area contributed by atoms with Gasteiger partial charge in [0.25, 0.3) is 10.0 Å². The molecule has 0 amide bonds. The Balaban J connectivity index is 2.20. The maximum Gasteiger partial charge on any atom is 0.338 e. The van der Waals surface area contributed by atoms with Crippen molar-refractivity contribution < 1.29 is 26.4 Å². The highest BCUT2D eigenvalue weighted by molar-refractivity contribution is 7.92. The molecule has 2 aromatic carbocycles. The van der Waals surface area contributed by atoms with Crippen molar-refractivity contribution in [2.24, 2.45) is 0 Å². The third-order valence-corrected chi connectivity index (χ3v) is 5.74. The predicted octanol–water partition coefficient (Wildman–Crippen LogP) is 2.07. The zero-order valence-corrected chi connectivity index (χ0v) is 15.2. The Hall–Kier alpha value is -2.39. The fourth-order valence-electron chi connectivity index (χ4n) is 1.97. The Morgan fingerprint density at radius 2 is 1.44 bits per heavy atom. The number of nitrogens with one attached hydrogen (secondary N) is 1. The number of carbonyl (C=O) groups excluding carboxylic acids is 1. The molecule has 25 heavy (non-hydrogen) atoms. The topological polar surface area (TPSA) is 107 Å². The molecule has 0 spiro atoms. The Labute approximate surface area is 146 Å². The number of sulfone groups is 1. The molecule has 0 aliphatic rings. The maximum absolute atomic E-state index is 12.3. The van der Waals surface area contributed by atoms with E-state index in [0.29, 0.717) is 0 Å². The Kier molecular flexibility index (Phi) is 5.48. The first-order valence-electron chi connectivity index (χ1n) is 7.23. The van der Waals surface area contributed by atoms with Crippen LogP contribution in [0.1, 0.15) is 17.3 Å². The summed E-state index contributed by atoms with van der Waals surface area (Å²) in [6.45, 7) is 1.90. The summed E-state index contributed by atoms with van der Waals surface area (Å²) in [4.78, 5) is 11.6. The van der Waals surface area contributed by atoms with Crippen molar-refractivity contribution in [1.82, 2.24) is 0 Å². The van der Waals surface area contributed by atoms with E-state index < -0.39 is 25.8 Å². The molecule has 0 unspecified atom stereocenters. The number of hydrogen-bond acceptors (Lipinski definition) is 6. The number of esters is 1. The minimum atomic E-state index is -3.87. The van der Waals surface area contributed by atoms with Crippen LogP contribution in [0.25, 0.3) is 0 Å². The van der Waals surface area contributed by atoms with E-state index in [2.05, 4.69) is 4.72 Å². The van der Waals surface area contributed by atoms with Gasteiger partial charge >= 0.3 is 5.97 Å². The molecule has 7 nitrogen and oxygen atoms in total. The molecule has 0 bridgehead atoms. The van der Waals surface area contributed by atoms with E-state index in [4.69, 9.17) is 4.74 Å². The van der Waals surface area contributed by atoms with Crippen molar-refractivity contribution in [3.63, 3.8) is 0 Å². The zero-order valence-electron chi connectivity index (χ0n) is 13.6. The monoisotopic (exact) mass is 383 g/mol. The molecule has 2 rings (SSSR count). The highest BCUT2D eigenvalue weighted by atomic mass is 32.2. The lowest BCUT2D eigenvalue weighted by molar-refractivity contribution is 0.0526. The number of anilines is 1. The lowest BCUT2D eigenvalue weighted by Gasteiger charge is -2.09. The van der Waals surface area contributed by atoms with Crippen molar-refractivity contribution in [2.75, 3.05) is 17.6 Å². The van der Waals surface area contributed by atoms with Gasteiger partial charge in [0.15, 0.2) is 9.84 Å². The van der Waals surface area contributed by atoms with Crippen LogP contribution >= 0.6 is 0 Å². The van der Waals surface area contributed by atoms with Crippen LogP contribution in [0.4, 0.5) is 5.69 Å². The Morgan fingerprint density at radius 3 is 1.92 bits per heavy atom. The van der Waals surface area contributed by atoms with E-state index in [9.17, 15) is 21.6 Å². The van der Waals surface area contributed by atoms with Crippen molar-refractivity contribution in [3.8, 4) is 0 Å². The zero-order chi connectivity index (χ0) is 18.7. The molecule has 0 saturated carbocycles. The first-order valence-corrected chi connectivity index (χ1v) is 10.6. The van der Waals surface area contributed by atoms with Gasteiger partial charge in [-0.3, -0.25) is 4.72 Å². The Morgan fingerprint density at radius 1 is 0.920 bits per heavy atom. The molecule has 0 aliphatic carbocycles. The maximum atomic E-state index is 12.3. The van der Waals surface area contributed by atoms with Crippen LogP contribution in [-0.2, 0) is 24.6 Å². The smallest absolute Gasteiger partial charge is 0.338 e. The van der Waals surface area contributed by atoms with E-state index in [1.807, 2.05) is 0 Å². The molecular weight excluding hydrogens is 366 g/mol. The van der Waals surface area contributed by atoms with Crippen LogP contribution in [0.2, 0.25) is 0 Å². The molecule has 0 saturated heterocycles. The molecule has 9 heteroatoms. The minimum Gasteiger partial charge on any atom is -0.462 e. The standard InChI is InChI=1S/C16H17NO6S2/c1-3-23-16(18)12-4-8-15(9-5-12)25(21,22)17-13-6-10-14(11-7-13)24(2,19)20/h4-11,17H,3H2,1-2H3. The van der Waals surface area contributed by atoms with Gasteiger partial charge in [0.2, 0.25) is 0 Å². The first kappa shape index (κ1) is 18.9. The number of rotatable bonds is 6. The third-order valence-electron chi connectivity index (χ3n) is 3.21. The summed E-state index contributed by atoms with van der Waals surface area (Å²) in [6.07, 6.45) is 1.07. The molecule has 0 radical (unpaired) electrons. The fourth-order valence-corrected chi connectivity index (χ4v) is 3.66. The molecule has 0 aromatic heterocycles. The van der Waals surface area contributed by atoms with Crippen molar-refractivity contribution >= 4 is 31.5 Å². The highest BCUT2D eigenvalue weighted by Gasteiger charge is 2.16. The van der Waals surface area contributed by atoms with Gasteiger partial charge in [-0.25, -0.2) is 21.6 Å². The molecular formula is C16H17NO6S2. The lowest BCUT2D eigenvalue weighted by atomic mass is 10.2. The van der Waals surface area contributed by atoms with Gasteiger partial charge in [-0.1, -0.05) is 0 Å². The quantitative estimate of drug-likeness (QED) is 0.765. The van der Waals surface area contributed by atoms with Gasteiger partial charge < -0.3 is 4.74 Å². The second kappa shape index (κ2) is 7.24. The molecule has 0 fully saturated rings. The van der Waals surface area contributed by atoms with Crippen LogP contribution in [0.3, 0.4) is 0 Å². The second-order valence-electron chi connectivity index (χ2n) is 5.15. The number of hydrogen-bond donors (Lipinski definition) is 1. The number of carbonyl (C=O) groups is 1. The van der Waals surface area contributed by atoms with E-state index in [1.54, 1.807) is 6.92 Å². The third kappa shape index (κ3) is 4.80. The van der Waals surface area contributed by atoms with Gasteiger partial charge in [0.1, 0.15) is 0 Å². The van der Waals surface area contributed by atoms with Gasteiger partial charge in [-0.15, -0.1) is 0 Å². The average molecular weight is 383 g/mol. The van der Waals surface area contributed by atoms with Crippen LogP contribution < -0.4 is 4.72 Å². The summed E-state index contributed by atoms with van der Waals surface area (Å²) in [5.41, 5.74) is 0.472. The summed E-state index contributed by atoms with van der Waals surface area (Å²) >= 11 is 0. The Bertz CT molecular complexity index is 962. The molecule has 0 heterocycles. The summed E-state index contributed by atoms with van der Waals surface area (Å²) in [7, 11) is -7.22. The minimum absolute atomic E-state index is 0.0345. The molecule has 0 aliphatic heterocycles. The lowest BCUT2D eigenvalue weighted by Crippen LogP contribution is -2.13. The summed E-state index contributed by atoms with van der Waals surface area (Å²) in [5, 5.41) is 0. The summed E-state index contributed by atoms with van der Waals surface area (Å²) in [6, 6.07) is 10.7. The second-order valence-corrected chi connectivity index (χ2v) is 8.85. The van der Waals surface area contributed by atoms with Crippen molar-refractivity contribution in [3.05, 3.63) is 54.1 Å². The predicted molar refractivity (Wildman–Crippen MR) is 92.8 cm³/mol. The number of ether oxygens (including phenoxy) is 1. The van der Waals surface area contributed by atoms with Crippen LogP contribution in [0, 0.1) is 0 Å². The normalized spacial score (nSPS) is 11.8. The average Bonchev–Trinajstić information content (AvgIpc) is 2.54. The highest BCUT2D eigenvalue weighted by Crippen LogP contribution is 2.19. The van der Waals surface area contributed by atoms with Crippen LogP contribution in [0.5, 0.6) is 0 Å². The van der Waals surface area contributed by atoms with E-state index in [0.717, 1.165) is 6.26 Å². The van der Waals surface area contributed by atoms with E-state index in [-0.39, 0.29) is 27.6 Å². The fraction of sp³-hybridized carbons (Fsp3) is 0.188. The van der Waals surface area contributed by atoms with Gasteiger partial charge in [-0.2, -0.15) is 0 Å². The van der Waals surface area contributed by atoms with Crippen molar-refractivity contribution in [2.45, 2.75) is 16.7 Å².